The Morgan fingerprint density at radius 1 is 1.03 bits per heavy atom. The zero-order valence-electron chi connectivity index (χ0n) is 18.0. The molecular formula is C23H27N3O5S. The summed E-state index contributed by atoms with van der Waals surface area (Å²) in [4.78, 5) is 32.1. The second kappa shape index (κ2) is 9.13. The highest BCUT2D eigenvalue weighted by Gasteiger charge is 2.39. The Labute approximate surface area is 191 Å². The molecule has 3 fully saturated rings. The van der Waals surface area contributed by atoms with Crippen LogP contribution in [0.1, 0.15) is 69.8 Å². The number of nitrogens with zero attached hydrogens (tertiary/aromatic N) is 3. The first-order chi connectivity index (χ1) is 15.6. The molecule has 0 unspecified atom stereocenters. The van der Waals surface area contributed by atoms with Crippen LogP contribution in [-0.4, -0.2) is 39.8 Å². The lowest BCUT2D eigenvalue weighted by Crippen LogP contribution is -2.41. The molecule has 1 aromatic carbocycles. The standard InChI is InChI=1S/C23H27N3O5S/c27-22-21(12-15-11-19-20(31-14-30-19)13-18(15)26(28)29)32-23(24-16-7-3-1-4-8-16)25(22)17-9-5-2-6-10-17/h11-13,16-17H,1-10,14H2. The average Bonchev–Trinajstić information content (AvgIpc) is 3.38. The minimum Gasteiger partial charge on any atom is -0.454 e. The molecule has 1 amide bonds. The number of aliphatic imine (C=N–C) groups is 1. The molecule has 2 heterocycles. The molecule has 0 bridgehead atoms. The fraction of sp³-hybridized carbons (Fsp3) is 0.565. The number of carbonyl (C=O) groups is 1. The van der Waals surface area contributed by atoms with E-state index in [1.807, 2.05) is 4.90 Å². The van der Waals surface area contributed by atoms with E-state index in [2.05, 4.69) is 0 Å². The Hall–Kier alpha value is -2.55. The Morgan fingerprint density at radius 3 is 2.38 bits per heavy atom. The quantitative estimate of drug-likeness (QED) is 0.348. The number of hydrogen-bond donors (Lipinski definition) is 0. The number of thioether (sulfide) groups is 1. The summed E-state index contributed by atoms with van der Waals surface area (Å²) in [7, 11) is 0. The van der Waals surface area contributed by atoms with E-state index in [-0.39, 0.29) is 30.5 Å². The topological polar surface area (TPSA) is 94.3 Å². The van der Waals surface area contributed by atoms with Gasteiger partial charge in [0.15, 0.2) is 16.7 Å². The van der Waals surface area contributed by atoms with Crippen molar-refractivity contribution in [3.05, 3.63) is 32.7 Å². The van der Waals surface area contributed by atoms with E-state index in [0.717, 1.165) is 43.7 Å². The van der Waals surface area contributed by atoms with Crippen LogP contribution in [0.4, 0.5) is 5.69 Å². The van der Waals surface area contributed by atoms with Crippen LogP contribution in [0.25, 0.3) is 6.08 Å². The van der Waals surface area contributed by atoms with Crippen molar-refractivity contribution in [3.63, 3.8) is 0 Å². The van der Waals surface area contributed by atoms with E-state index in [4.69, 9.17) is 14.5 Å². The summed E-state index contributed by atoms with van der Waals surface area (Å²) in [5, 5.41) is 12.4. The van der Waals surface area contributed by atoms with Gasteiger partial charge in [0, 0.05) is 6.04 Å². The Balaban J connectivity index is 1.50. The van der Waals surface area contributed by atoms with Gasteiger partial charge in [-0.25, -0.2) is 0 Å². The van der Waals surface area contributed by atoms with Crippen LogP contribution in [0.2, 0.25) is 0 Å². The molecule has 0 radical (unpaired) electrons. The smallest absolute Gasteiger partial charge is 0.280 e. The third-order valence-electron chi connectivity index (χ3n) is 6.65. The zero-order chi connectivity index (χ0) is 22.1. The van der Waals surface area contributed by atoms with Gasteiger partial charge in [-0.3, -0.25) is 24.8 Å². The number of amides is 1. The lowest BCUT2D eigenvalue weighted by Gasteiger charge is -2.31. The van der Waals surface area contributed by atoms with Crippen molar-refractivity contribution in [2.24, 2.45) is 4.99 Å². The number of hydrogen-bond acceptors (Lipinski definition) is 7. The van der Waals surface area contributed by atoms with Gasteiger partial charge in [0.1, 0.15) is 0 Å². The fourth-order valence-electron chi connectivity index (χ4n) is 4.97. The minimum atomic E-state index is -0.450. The van der Waals surface area contributed by atoms with Gasteiger partial charge in [-0.1, -0.05) is 38.5 Å². The predicted octanol–water partition coefficient (Wildman–Crippen LogP) is 5.26. The molecule has 8 nitrogen and oxygen atoms in total. The maximum atomic E-state index is 13.5. The molecule has 1 aromatic rings. The van der Waals surface area contributed by atoms with Gasteiger partial charge in [0.05, 0.1) is 27.5 Å². The number of benzene rings is 1. The van der Waals surface area contributed by atoms with Crippen LogP contribution in [0, 0.1) is 10.1 Å². The molecule has 1 saturated heterocycles. The first-order valence-corrected chi connectivity index (χ1v) is 12.3. The van der Waals surface area contributed by atoms with Crippen molar-refractivity contribution >= 4 is 34.6 Å². The summed E-state index contributed by atoms with van der Waals surface area (Å²) in [5.41, 5.74) is 0.245. The first kappa shape index (κ1) is 21.3. The van der Waals surface area contributed by atoms with E-state index >= 15 is 0 Å². The minimum absolute atomic E-state index is 0.0356. The summed E-state index contributed by atoms with van der Waals surface area (Å²) < 4.78 is 10.7. The summed E-state index contributed by atoms with van der Waals surface area (Å²) in [6, 6.07) is 3.37. The highest BCUT2D eigenvalue weighted by atomic mass is 32.2. The summed E-state index contributed by atoms with van der Waals surface area (Å²) in [5.74, 6) is 0.717. The van der Waals surface area contributed by atoms with Crippen LogP contribution in [0.3, 0.4) is 0 Å². The molecular weight excluding hydrogens is 430 g/mol. The number of carbonyl (C=O) groups excluding carboxylic acids is 1. The molecule has 9 heteroatoms. The Bertz CT molecular complexity index is 980. The van der Waals surface area contributed by atoms with Crippen LogP contribution >= 0.6 is 11.8 Å². The lowest BCUT2D eigenvalue weighted by atomic mass is 9.94. The fourth-order valence-corrected chi connectivity index (χ4v) is 6.07. The van der Waals surface area contributed by atoms with Gasteiger partial charge < -0.3 is 9.47 Å². The molecule has 170 valence electrons. The molecule has 0 N–H and O–H groups in total. The largest absolute Gasteiger partial charge is 0.454 e. The molecule has 0 aromatic heterocycles. The number of rotatable bonds is 4. The third kappa shape index (κ3) is 4.22. The molecule has 2 aliphatic heterocycles. The van der Waals surface area contributed by atoms with Crippen molar-refractivity contribution in [3.8, 4) is 11.5 Å². The van der Waals surface area contributed by atoms with Crippen LogP contribution in [0.5, 0.6) is 11.5 Å². The lowest BCUT2D eigenvalue weighted by molar-refractivity contribution is -0.385. The molecule has 4 aliphatic rings. The second-order valence-corrected chi connectivity index (χ2v) is 9.81. The average molecular weight is 458 g/mol. The number of nitro groups is 1. The van der Waals surface area contributed by atoms with Crippen molar-refractivity contribution in [2.45, 2.75) is 76.3 Å². The number of fused-ring (bicyclic) bond motifs is 1. The highest BCUT2D eigenvalue weighted by molar-refractivity contribution is 8.18. The van der Waals surface area contributed by atoms with E-state index in [1.165, 1.54) is 43.5 Å². The maximum Gasteiger partial charge on any atom is 0.280 e. The first-order valence-electron chi connectivity index (χ1n) is 11.5. The van der Waals surface area contributed by atoms with Crippen LogP contribution in [0.15, 0.2) is 22.0 Å². The Morgan fingerprint density at radius 2 is 1.69 bits per heavy atom. The predicted molar refractivity (Wildman–Crippen MR) is 123 cm³/mol. The molecule has 2 aliphatic carbocycles. The SMILES string of the molecule is O=C1C(=Cc2cc3c(cc2[N+](=O)[O-])OCO3)SC(=NC2CCCCC2)N1C1CCCCC1. The van der Waals surface area contributed by atoms with E-state index in [1.54, 1.807) is 12.1 Å². The van der Waals surface area contributed by atoms with Crippen molar-refractivity contribution < 1.29 is 19.2 Å². The maximum absolute atomic E-state index is 13.5. The Kier molecular flexibility index (Phi) is 6.08. The summed E-state index contributed by atoms with van der Waals surface area (Å²) >= 11 is 1.36. The molecule has 0 spiro atoms. The summed E-state index contributed by atoms with van der Waals surface area (Å²) in [6.07, 6.45) is 12.7. The molecule has 0 atom stereocenters. The van der Waals surface area contributed by atoms with Gasteiger partial charge in [0.25, 0.3) is 11.6 Å². The zero-order valence-corrected chi connectivity index (χ0v) is 18.8. The van der Waals surface area contributed by atoms with Gasteiger partial charge in [0.2, 0.25) is 6.79 Å². The van der Waals surface area contributed by atoms with Crippen molar-refractivity contribution in [2.75, 3.05) is 6.79 Å². The van der Waals surface area contributed by atoms with Crippen molar-refractivity contribution in [1.82, 2.24) is 4.90 Å². The molecule has 2 saturated carbocycles. The monoisotopic (exact) mass is 457 g/mol. The van der Waals surface area contributed by atoms with Gasteiger partial charge in [-0.2, -0.15) is 0 Å². The molecule has 32 heavy (non-hydrogen) atoms. The molecule has 5 rings (SSSR count). The van der Waals surface area contributed by atoms with E-state index < -0.39 is 4.92 Å². The highest BCUT2D eigenvalue weighted by Crippen LogP contribution is 2.42. The third-order valence-corrected chi connectivity index (χ3v) is 7.65. The van der Waals surface area contributed by atoms with Gasteiger partial charge >= 0.3 is 0 Å². The van der Waals surface area contributed by atoms with E-state index in [0.29, 0.717) is 22.0 Å². The summed E-state index contributed by atoms with van der Waals surface area (Å²) in [6.45, 7) is 0.0356. The second-order valence-electron chi connectivity index (χ2n) is 8.80. The van der Waals surface area contributed by atoms with E-state index in [9.17, 15) is 14.9 Å². The number of amidine groups is 1. The van der Waals surface area contributed by atoms with Crippen LogP contribution in [-0.2, 0) is 4.79 Å². The normalized spacial score (nSPS) is 24.6. The van der Waals surface area contributed by atoms with Crippen molar-refractivity contribution in [1.29, 1.82) is 0 Å². The van der Waals surface area contributed by atoms with Gasteiger partial charge in [-0.15, -0.1) is 0 Å². The van der Waals surface area contributed by atoms with Gasteiger partial charge in [-0.05, 0) is 49.6 Å². The number of ether oxygens (including phenoxy) is 2. The number of nitro benzene ring substituents is 1. The van der Waals surface area contributed by atoms with Crippen LogP contribution < -0.4 is 9.47 Å².